The van der Waals surface area contributed by atoms with Gasteiger partial charge in [0.25, 0.3) is 0 Å². The van der Waals surface area contributed by atoms with Crippen molar-refractivity contribution in [1.82, 2.24) is 4.90 Å². The van der Waals surface area contributed by atoms with Crippen molar-refractivity contribution < 1.29 is 4.74 Å². The second kappa shape index (κ2) is 7.64. The van der Waals surface area contributed by atoms with Crippen LogP contribution in [0.3, 0.4) is 0 Å². The third-order valence-electron chi connectivity index (χ3n) is 5.72. The number of hydrogen-bond donors (Lipinski definition) is 0. The predicted molar refractivity (Wildman–Crippen MR) is 81.3 cm³/mol. The molecule has 2 aliphatic heterocycles. The summed E-state index contributed by atoms with van der Waals surface area (Å²) in [6, 6.07) is 0. The molecule has 2 atom stereocenters. The van der Waals surface area contributed by atoms with Crippen LogP contribution >= 0.6 is 0 Å². The molecule has 0 amide bonds. The molecule has 0 aliphatic carbocycles. The molecule has 0 radical (unpaired) electrons. The van der Waals surface area contributed by atoms with Gasteiger partial charge >= 0.3 is 0 Å². The third-order valence-corrected chi connectivity index (χ3v) is 5.72. The van der Waals surface area contributed by atoms with Gasteiger partial charge in [-0.2, -0.15) is 0 Å². The zero-order valence-electron chi connectivity index (χ0n) is 13.2. The van der Waals surface area contributed by atoms with Gasteiger partial charge in [0.1, 0.15) is 0 Å². The Kier molecular flexibility index (Phi) is 6.15. The molecule has 2 heterocycles. The molecular formula is C17H33NO. The lowest BCUT2D eigenvalue weighted by Gasteiger charge is -2.34. The van der Waals surface area contributed by atoms with Crippen LogP contribution in [0.4, 0.5) is 0 Å². The minimum absolute atomic E-state index is 0.901. The van der Waals surface area contributed by atoms with Crippen molar-refractivity contribution in [3.05, 3.63) is 0 Å². The molecule has 0 aromatic carbocycles. The van der Waals surface area contributed by atoms with Crippen molar-refractivity contribution in [2.24, 2.45) is 23.7 Å². The summed E-state index contributed by atoms with van der Waals surface area (Å²) in [6.07, 6.45) is 8.30. The van der Waals surface area contributed by atoms with Gasteiger partial charge in [-0.15, -0.1) is 0 Å². The first kappa shape index (κ1) is 15.3. The smallest absolute Gasteiger partial charge is 0.0468 e. The Morgan fingerprint density at radius 3 is 1.89 bits per heavy atom. The molecule has 2 rings (SSSR count). The first-order valence-corrected chi connectivity index (χ1v) is 8.43. The molecule has 2 fully saturated rings. The second-order valence-electron chi connectivity index (χ2n) is 7.12. The third kappa shape index (κ3) is 4.75. The Labute approximate surface area is 119 Å². The highest BCUT2D eigenvalue weighted by molar-refractivity contribution is 4.76. The Morgan fingerprint density at radius 2 is 1.37 bits per heavy atom. The summed E-state index contributed by atoms with van der Waals surface area (Å²) in [5.74, 6) is 3.74. The maximum atomic E-state index is 5.48. The second-order valence-corrected chi connectivity index (χ2v) is 7.12. The molecule has 0 saturated carbocycles. The number of hydrogen-bond acceptors (Lipinski definition) is 2. The van der Waals surface area contributed by atoms with Crippen molar-refractivity contribution in [1.29, 1.82) is 0 Å². The molecule has 2 unspecified atom stereocenters. The van der Waals surface area contributed by atoms with Crippen LogP contribution in [0.2, 0.25) is 0 Å². The lowest BCUT2D eigenvalue weighted by atomic mass is 9.78. The van der Waals surface area contributed by atoms with E-state index in [1.165, 1.54) is 51.6 Å². The molecule has 2 saturated heterocycles. The van der Waals surface area contributed by atoms with Crippen LogP contribution in [0.1, 0.15) is 52.4 Å². The first-order chi connectivity index (χ1) is 9.16. The fraction of sp³-hybridized carbons (Fsp3) is 1.00. The van der Waals surface area contributed by atoms with Crippen molar-refractivity contribution in [3.8, 4) is 0 Å². The Morgan fingerprint density at radius 1 is 0.895 bits per heavy atom. The fourth-order valence-corrected chi connectivity index (χ4v) is 3.88. The van der Waals surface area contributed by atoms with Crippen molar-refractivity contribution in [3.63, 3.8) is 0 Å². The largest absolute Gasteiger partial charge is 0.381 e. The number of piperidine rings is 1. The number of nitrogens with zero attached hydrogens (tertiary/aromatic N) is 1. The van der Waals surface area contributed by atoms with E-state index in [0.717, 1.165) is 36.9 Å². The van der Waals surface area contributed by atoms with Crippen LogP contribution in [0.5, 0.6) is 0 Å². The Hall–Kier alpha value is -0.0800. The predicted octanol–water partition coefficient (Wildman–Crippen LogP) is 3.81. The number of rotatable bonds is 5. The highest BCUT2D eigenvalue weighted by atomic mass is 16.5. The molecule has 112 valence electrons. The van der Waals surface area contributed by atoms with Crippen LogP contribution in [-0.4, -0.2) is 38.3 Å². The van der Waals surface area contributed by atoms with E-state index in [-0.39, 0.29) is 0 Å². The Balaban J connectivity index is 1.66. The van der Waals surface area contributed by atoms with E-state index in [0.29, 0.717) is 0 Å². The van der Waals surface area contributed by atoms with Gasteiger partial charge in [-0.1, -0.05) is 26.7 Å². The lowest BCUT2D eigenvalue weighted by molar-refractivity contribution is 0.0461. The van der Waals surface area contributed by atoms with Gasteiger partial charge in [-0.25, -0.2) is 0 Å². The molecular weight excluding hydrogens is 234 g/mol. The summed E-state index contributed by atoms with van der Waals surface area (Å²) in [6.45, 7) is 9.58. The first-order valence-electron chi connectivity index (χ1n) is 8.43. The van der Waals surface area contributed by atoms with E-state index in [4.69, 9.17) is 4.74 Å². The standard InChI is InChI=1S/C17H33NO/c1-14(16-6-10-18(3)11-7-16)4-5-15(2)17-8-12-19-13-9-17/h14-17H,4-13H2,1-3H3. The van der Waals surface area contributed by atoms with Gasteiger partial charge in [-0.3, -0.25) is 0 Å². The number of likely N-dealkylation sites (tertiary alicyclic amines) is 1. The average Bonchev–Trinajstić information content (AvgIpc) is 2.46. The monoisotopic (exact) mass is 267 g/mol. The highest BCUT2D eigenvalue weighted by Crippen LogP contribution is 2.32. The van der Waals surface area contributed by atoms with Gasteiger partial charge in [0.05, 0.1) is 0 Å². The SMILES string of the molecule is CC(CCC(C)C1CCN(C)CC1)C1CCOCC1. The molecule has 0 N–H and O–H groups in total. The van der Waals surface area contributed by atoms with Crippen LogP contribution in [0, 0.1) is 23.7 Å². The van der Waals surface area contributed by atoms with E-state index in [1.54, 1.807) is 0 Å². The van der Waals surface area contributed by atoms with Gasteiger partial charge < -0.3 is 9.64 Å². The van der Waals surface area contributed by atoms with E-state index in [2.05, 4.69) is 25.8 Å². The van der Waals surface area contributed by atoms with Crippen LogP contribution < -0.4 is 0 Å². The molecule has 2 nitrogen and oxygen atoms in total. The van der Waals surface area contributed by atoms with E-state index in [9.17, 15) is 0 Å². The average molecular weight is 267 g/mol. The lowest BCUT2D eigenvalue weighted by Crippen LogP contribution is -2.33. The molecule has 0 bridgehead atoms. The molecule has 0 spiro atoms. The summed E-state index contributed by atoms with van der Waals surface area (Å²) in [4.78, 5) is 2.48. The summed E-state index contributed by atoms with van der Waals surface area (Å²) in [7, 11) is 2.26. The summed E-state index contributed by atoms with van der Waals surface area (Å²) in [5.41, 5.74) is 0. The highest BCUT2D eigenvalue weighted by Gasteiger charge is 2.24. The van der Waals surface area contributed by atoms with E-state index < -0.39 is 0 Å². The van der Waals surface area contributed by atoms with Crippen LogP contribution in [0.15, 0.2) is 0 Å². The van der Waals surface area contributed by atoms with Crippen LogP contribution in [-0.2, 0) is 4.74 Å². The zero-order chi connectivity index (χ0) is 13.7. The van der Waals surface area contributed by atoms with Gasteiger partial charge in [0.15, 0.2) is 0 Å². The van der Waals surface area contributed by atoms with Crippen LogP contribution in [0.25, 0.3) is 0 Å². The normalized spacial score (nSPS) is 27.3. The Bertz CT molecular complexity index is 242. The minimum Gasteiger partial charge on any atom is -0.381 e. The van der Waals surface area contributed by atoms with Gasteiger partial charge in [0.2, 0.25) is 0 Å². The molecule has 0 aromatic rings. The maximum absolute atomic E-state index is 5.48. The van der Waals surface area contributed by atoms with E-state index >= 15 is 0 Å². The quantitative estimate of drug-likeness (QED) is 0.751. The van der Waals surface area contributed by atoms with Gasteiger partial charge in [-0.05, 0) is 69.5 Å². The minimum atomic E-state index is 0.901. The van der Waals surface area contributed by atoms with Gasteiger partial charge in [0, 0.05) is 13.2 Å². The topological polar surface area (TPSA) is 12.5 Å². The fourth-order valence-electron chi connectivity index (χ4n) is 3.88. The van der Waals surface area contributed by atoms with Crippen molar-refractivity contribution >= 4 is 0 Å². The zero-order valence-corrected chi connectivity index (χ0v) is 13.2. The molecule has 0 aromatic heterocycles. The summed E-state index contributed by atoms with van der Waals surface area (Å²) in [5, 5.41) is 0. The van der Waals surface area contributed by atoms with Crippen molar-refractivity contribution in [2.45, 2.75) is 52.4 Å². The molecule has 2 aliphatic rings. The van der Waals surface area contributed by atoms with Crippen molar-refractivity contribution in [2.75, 3.05) is 33.4 Å². The number of ether oxygens (including phenoxy) is 1. The maximum Gasteiger partial charge on any atom is 0.0468 e. The van der Waals surface area contributed by atoms with E-state index in [1.807, 2.05) is 0 Å². The molecule has 2 heteroatoms. The molecule has 19 heavy (non-hydrogen) atoms. The summed E-state index contributed by atoms with van der Waals surface area (Å²) < 4.78 is 5.48. The summed E-state index contributed by atoms with van der Waals surface area (Å²) >= 11 is 0.